The number of nitrogens with one attached hydrogen (secondary N) is 1. The standard InChI is InChI=1S/C19H24N2O3S/c1-22-12-11-21(14-15-7-5-4-6-8-15)19(25)20-17-10-9-16(23-2)13-18(17)24-3/h4-10,13H,11-12,14H2,1-3H3,(H,20,25). The number of hydrogen-bond acceptors (Lipinski definition) is 4. The fourth-order valence-electron chi connectivity index (χ4n) is 2.35. The first kappa shape index (κ1) is 19.0. The van der Waals surface area contributed by atoms with Crippen molar-refractivity contribution in [1.29, 1.82) is 0 Å². The molecule has 0 bridgehead atoms. The summed E-state index contributed by atoms with van der Waals surface area (Å²) in [6.07, 6.45) is 0. The van der Waals surface area contributed by atoms with E-state index in [4.69, 9.17) is 26.4 Å². The Balaban J connectivity index is 2.13. The van der Waals surface area contributed by atoms with E-state index in [1.165, 1.54) is 5.56 Å². The van der Waals surface area contributed by atoms with Crippen LogP contribution in [0.15, 0.2) is 48.5 Å². The molecule has 2 rings (SSSR count). The molecule has 0 aliphatic heterocycles. The maximum atomic E-state index is 5.61. The Labute approximate surface area is 154 Å². The van der Waals surface area contributed by atoms with Gasteiger partial charge in [0.2, 0.25) is 0 Å². The molecule has 0 saturated carbocycles. The third-order valence-electron chi connectivity index (χ3n) is 3.72. The Bertz CT molecular complexity index is 680. The first-order valence-electron chi connectivity index (χ1n) is 7.98. The number of ether oxygens (including phenoxy) is 3. The molecule has 0 unspecified atom stereocenters. The van der Waals surface area contributed by atoms with E-state index < -0.39 is 0 Å². The van der Waals surface area contributed by atoms with Crippen molar-refractivity contribution < 1.29 is 14.2 Å². The second-order valence-corrected chi connectivity index (χ2v) is 5.78. The fraction of sp³-hybridized carbons (Fsp3) is 0.316. The Morgan fingerprint density at radius 3 is 2.44 bits per heavy atom. The third-order valence-corrected chi connectivity index (χ3v) is 4.08. The largest absolute Gasteiger partial charge is 0.497 e. The molecular formula is C19H24N2O3S. The zero-order valence-corrected chi connectivity index (χ0v) is 15.6. The minimum absolute atomic E-state index is 0.592. The molecule has 5 nitrogen and oxygen atoms in total. The maximum absolute atomic E-state index is 5.61. The molecule has 0 fully saturated rings. The van der Waals surface area contributed by atoms with Gasteiger partial charge in [-0.3, -0.25) is 0 Å². The zero-order chi connectivity index (χ0) is 18.1. The lowest BCUT2D eigenvalue weighted by molar-refractivity contribution is 0.175. The van der Waals surface area contributed by atoms with Gasteiger partial charge in [0.25, 0.3) is 0 Å². The summed E-state index contributed by atoms with van der Waals surface area (Å²) in [5.41, 5.74) is 1.98. The second-order valence-electron chi connectivity index (χ2n) is 5.40. The van der Waals surface area contributed by atoms with Gasteiger partial charge < -0.3 is 24.4 Å². The van der Waals surface area contributed by atoms with E-state index in [1.54, 1.807) is 21.3 Å². The number of rotatable bonds is 8. The predicted octanol–water partition coefficient (Wildman–Crippen LogP) is 3.55. The summed E-state index contributed by atoms with van der Waals surface area (Å²) in [6, 6.07) is 15.8. The van der Waals surface area contributed by atoms with Gasteiger partial charge >= 0.3 is 0 Å². The van der Waals surface area contributed by atoms with Crippen molar-refractivity contribution in [3.8, 4) is 11.5 Å². The SMILES string of the molecule is COCCN(Cc1ccccc1)C(=S)Nc1ccc(OC)cc1OC. The van der Waals surface area contributed by atoms with Crippen LogP contribution in [-0.2, 0) is 11.3 Å². The van der Waals surface area contributed by atoms with Crippen molar-refractivity contribution in [2.24, 2.45) is 0 Å². The molecule has 0 aliphatic carbocycles. The van der Waals surface area contributed by atoms with Gasteiger partial charge in [-0.2, -0.15) is 0 Å². The molecule has 0 amide bonds. The Hall–Kier alpha value is -2.31. The average molecular weight is 360 g/mol. The van der Waals surface area contributed by atoms with E-state index in [9.17, 15) is 0 Å². The van der Waals surface area contributed by atoms with Crippen LogP contribution in [0.1, 0.15) is 5.56 Å². The lowest BCUT2D eigenvalue weighted by atomic mass is 10.2. The van der Waals surface area contributed by atoms with Gasteiger partial charge in [0, 0.05) is 26.3 Å². The molecule has 0 aliphatic rings. The number of benzene rings is 2. The van der Waals surface area contributed by atoms with Crippen LogP contribution in [-0.4, -0.2) is 44.5 Å². The van der Waals surface area contributed by atoms with Crippen LogP contribution in [0, 0.1) is 0 Å². The first-order chi connectivity index (χ1) is 12.2. The van der Waals surface area contributed by atoms with Crippen molar-refractivity contribution in [3.63, 3.8) is 0 Å². The summed E-state index contributed by atoms with van der Waals surface area (Å²) in [4.78, 5) is 2.07. The summed E-state index contributed by atoms with van der Waals surface area (Å²) in [7, 11) is 4.93. The number of thiocarbonyl (C=S) groups is 1. The van der Waals surface area contributed by atoms with E-state index in [2.05, 4.69) is 22.3 Å². The first-order valence-corrected chi connectivity index (χ1v) is 8.39. The van der Waals surface area contributed by atoms with Crippen LogP contribution < -0.4 is 14.8 Å². The predicted molar refractivity (Wildman–Crippen MR) is 104 cm³/mol. The van der Waals surface area contributed by atoms with E-state index in [0.717, 1.165) is 11.4 Å². The van der Waals surface area contributed by atoms with Gasteiger partial charge in [0.15, 0.2) is 5.11 Å². The highest BCUT2D eigenvalue weighted by molar-refractivity contribution is 7.80. The molecule has 0 atom stereocenters. The molecule has 0 spiro atoms. The summed E-state index contributed by atoms with van der Waals surface area (Å²) in [5.74, 6) is 1.40. The Morgan fingerprint density at radius 2 is 1.80 bits per heavy atom. The molecule has 6 heteroatoms. The molecule has 0 aromatic heterocycles. The summed E-state index contributed by atoms with van der Waals surface area (Å²) >= 11 is 5.61. The summed E-state index contributed by atoms with van der Waals surface area (Å²) < 4.78 is 15.9. The summed E-state index contributed by atoms with van der Waals surface area (Å²) in [6.45, 7) is 1.98. The van der Waals surface area contributed by atoms with Gasteiger partial charge in [-0.05, 0) is 29.9 Å². The van der Waals surface area contributed by atoms with Gasteiger partial charge in [0.05, 0.1) is 26.5 Å². The Kier molecular flexibility index (Phi) is 7.50. The molecule has 0 saturated heterocycles. The number of hydrogen-bond donors (Lipinski definition) is 1. The van der Waals surface area contributed by atoms with E-state index >= 15 is 0 Å². The molecule has 25 heavy (non-hydrogen) atoms. The van der Waals surface area contributed by atoms with Gasteiger partial charge in [-0.15, -0.1) is 0 Å². The third kappa shape index (κ3) is 5.62. The van der Waals surface area contributed by atoms with Crippen LogP contribution in [0.4, 0.5) is 5.69 Å². The zero-order valence-electron chi connectivity index (χ0n) is 14.8. The van der Waals surface area contributed by atoms with Crippen molar-refractivity contribution in [1.82, 2.24) is 4.90 Å². The highest BCUT2D eigenvalue weighted by Gasteiger charge is 2.13. The van der Waals surface area contributed by atoms with Crippen molar-refractivity contribution in [3.05, 3.63) is 54.1 Å². The Morgan fingerprint density at radius 1 is 1.04 bits per heavy atom. The van der Waals surface area contributed by atoms with Crippen LogP contribution in [0.2, 0.25) is 0 Å². The number of nitrogens with zero attached hydrogens (tertiary/aromatic N) is 1. The minimum atomic E-state index is 0.592. The lowest BCUT2D eigenvalue weighted by Gasteiger charge is -2.26. The smallest absolute Gasteiger partial charge is 0.173 e. The minimum Gasteiger partial charge on any atom is -0.497 e. The average Bonchev–Trinajstić information content (AvgIpc) is 2.66. The second kappa shape index (κ2) is 9.86. The van der Waals surface area contributed by atoms with Gasteiger partial charge in [-0.25, -0.2) is 0 Å². The molecule has 2 aromatic carbocycles. The normalized spacial score (nSPS) is 10.2. The molecular weight excluding hydrogens is 336 g/mol. The van der Waals surface area contributed by atoms with Crippen LogP contribution >= 0.6 is 12.2 Å². The molecule has 2 aromatic rings. The van der Waals surface area contributed by atoms with Gasteiger partial charge in [0.1, 0.15) is 11.5 Å². The van der Waals surface area contributed by atoms with Gasteiger partial charge in [-0.1, -0.05) is 30.3 Å². The molecule has 134 valence electrons. The topological polar surface area (TPSA) is 43.0 Å². The quantitative estimate of drug-likeness (QED) is 0.726. The molecule has 1 N–H and O–H groups in total. The molecule has 0 radical (unpaired) electrons. The highest BCUT2D eigenvalue weighted by Crippen LogP contribution is 2.29. The summed E-state index contributed by atoms with van der Waals surface area (Å²) in [5, 5.41) is 3.88. The fourth-order valence-corrected chi connectivity index (χ4v) is 2.62. The number of methoxy groups -OCH3 is 3. The highest BCUT2D eigenvalue weighted by atomic mass is 32.1. The van der Waals surface area contributed by atoms with Crippen molar-refractivity contribution in [2.45, 2.75) is 6.54 Å². The number of anilines is 1. The van der Waals surface area contributed by atoms with Crippen LogP contribution in [0.5, 0.6) is 11.5 Å². The monoisotopic (exact) mass is 360 g/mol. The van der Waals surface area contributed by atoms with E-state index in [0.29, 0.717) is 30.6 Å². The van der Waals surface area contributed by atoms with Crippen molar-refractivity contribution >= 4 is 23.0 Å². The van der Waals surface area contributed by atoms with Crippen molar-refractivity contribution in [2.75, 3.05) is 39.8 Å². The van der Waals surface area contributed by atoms with Crippen LogP contribution in [0.25, 0.3) is 0 Å². The lowest BCUT2D eigenvalue weighted by Crippen LogP contribution is -2.36. The van der Waals surface area contributed by atoms with Crippen LogP contribution in [0.3, 0.4) is 0 Å². The van der Waals surface area contributed by atoms with E-state index in [1.807, 2.05) is 36.4 Å². The maximum Gasteiger partial charge on any atom is 0.173 e. The molecule has 0 heterocycles. The van der Waals surface area contributed by atoms with E-state index in [-0.39, 0.29) is 0 Å².